The van der Waals surface area contributed by atoms with E-state index in [9.17, 15) is 0 Å². The third-order valence-corrected chi connectivity index (χ3v) is 4.40. The van der Waals surface area contributed by atoms with E-state index in [-0.39, 0.29) is 0 Å². The van der Waals surface area contributed by atoms with Gasteiger partial charge in [0, 0.05) is 25.1 Å². The molecule has 0 fully saturated rings. The maximum atomic E-state index is 4.00. The summed E-state index contributed by atoms with van der Waals surface area (Å²) in [4.78, 5) is 3.99. The molecule has 1 aromatic carbocycles. The topological polar surface area (TPSA) is 24.9 Å². The summed E-state index contributed by atoms with van der Waals surface area (Å²) in [5, 5.41) is 3.05. The number of rotatable bonds is 8. The van der Waals surface area contributed by atoms with Gasteiger partial charge >= 0.3 is 0 Å². The molecule has 2 aromatic rings. The number of nitrogens with zero attached hydrogens (tertiary/aromatic N) is 1. The molecule has 0 atom stereocenters. The molecule has 2 heteroatoms. The number of pyridine rings is 1. The van der Waals surface area contributed by atoms with Gasteiger partial charge in [-0.1, -0.05) is 63.8 Å². The lowest BCUT2D eigenvalue weighted by Crippen LogP contribution is -2.07. The van der Waals surface area contributed by atoms with Crippen molar-refractivity contribution in [2.75, 3.05) is 7.05 Å². The minimum Gasteiger partial charge on any atom is -0.388 e. The summed E-state index contributed by atoms with van der Waals surface area (Å²) in [6.45, 7) is 14.3. The number of nitrogens with one attached hydrogen (secondary N) is 1. The first kappa shape index (κ1) is 26.0. The summed E-state index contributed by atoms with van der Waals surface area (Å²) in [5.74, 6) is 0. The predicted molar refractivity (Wildman–Crippen MR) is 129 cm³/mol. The number of benzene rings is 1. The molecule has 0 saturated heterocycles. The molecule has 29 heavy (non-hydrogen) atoms. The number of aryl methyl sites for hydroxylation is 2. The molecule has 1 aromatic heterocycles. The van der Waals surface area contributed by atoms with E-state index in [1.165, 1.54) is 29.5 Å². The average molecular weight is 389 g/mol. The van der Waals surface area contributed by atoms with Crippen LogP contribution in [0.4, 0.5) is 0 Å². The van der Waals surface area contributed by atoms with Crippen LogP contribution in [0, 0.1) is 12.8 Å². The number of terminal acetylenes is 1. The van der Waals surface area contributed by atoms with Gasteiger partial charge < -0.3 is 5.32 Å². The van der Waals surface area contributed by atoms with Gasteiger partial charge in [0.15, 0.2) is 0 Å². The molecule has 0 aliphatic heterocycles. The summed E-state index contributed by atoms with van der Waals surface area (Å²) in [6.07, 6.45) is 18.2. The van der Waals surface area contributed by atoms with E-state index in [1.54, 1.807) is 12.4 Å². The molecule has 0 amide bonds. The van der Waals surface area contributed by atoms with Crippen molar-refractivity contribution in [1.29, 1.82) is 0 Å². The van der Waals surface area contributed by atoms with Gasteiger partial charge in [-0.2, -0.15) is 0 Å². The second-order valence-electron chi connectivity index (χ2n) is 6.56. The summed E-state index contributed by atoms with van der Waals surface area (Å²) < 4.78 is 0. The van der Waals surface area contributed by atoms with Crippen LogP contribution in [-0.2, 0) is 19.3 Å². The highest BCUT2D eigenvalue weighted by Crippen LogP contribution is 2.15. The first-order chi connectivity index (χ1) is 14.0. The fourth-order valence-electron chi connectivity index (χ4n) is 2.84. The Morgan fingerprint density at radius 1 is 1.03 bits per heavy atom. The minimum atomic E-state index is 0.866. The summed E-state index contributed by atoms with van der Waals surface area (Å²) in [5.41, 5.74) is 7.28. The van der Waals surface area contributed by atoms with Crippen LogP contribution in [0.5, 0.6) is 0 Å². The second-order valence-corrected chi connectivity index (χ2v) is 6.56. The zero-order chi connectivity index (χ0) is 22.1. The van der Waals surface area contributed by atoms with Crippen molar-refractivity contribution in [1.82, 2.24) is 10.3 Å². The molecule has 1 N–H and O–H groups in total. The molecular weight excluding hydrogens is 352 g/mol. The maximum Gasteiger partial charge on any atom is 0.0337 e. The van der Waals surface area contributed by atoms with Gasteiger partial charge in [0.1, 0.15) is 0 Å². The first-order valence-corrected chi connectivity index (χ1v) is 10.1. The molecule has 2 nitrogen and oxygen atoms in total. The third kappa shape index (κ3) is 10.2. The fraction of sp³-hybridized carbons (Fsp3) is 0.296. The number of aromatic nitrogens is 1. The van der Waals surface area contributed by atoms with Gasteiger partial charge in [-0.3, -0.25) is 4.98 Å². The van der Waals surface area contributed by atoms with Crippen LogP contribution in [0.2, 0.25) is 0 Å². The zero-order valence-electron chi connectivity index (χ0n) is 18.5. The molecule has 0 bridgehead atoms. The Kier molecular flexibility index (Phi) is 14.3. The van der Waals surface area contributed by atoms with Crippen molar-refractivity contribution in [3.8, 4) is 12.8 Å². The third-order valence-electron chi connectivity index (χ3n) is 4.40. The van der Waals surface area contributed by atoms with Crippen molar-refractivity contribution >= 4 is 0 Å². The van der Waals surface area contributed by atoms with Crippen LogP contribution in [0.25, 0.3) is 0 Å². The largest absolute Gasteiger partial charge is 0.388 e. The molecule has 2 rings (SSSR count). The molecule has 0 saturated carbocycles. The highest BCUT2D eigenvalue weighted by atomic mass is 14.8. The predicted octanol–water partition coefficient (Wildman–Crippen LogP) is 6.31. The van der Waals surface area contributed by atoms with Crippen LogP contribution in [0.3, 0.4) is 0 Å². The van der Waals surface area contributed by atoms with E-state index in [1.807, 2.05) is 26.1 Å². The van der Waals surface area contributed by atoms with E-state index in [2.05, 4.69) is 80.5 Å². The summed E-state index contributed by atoms with van der Waals surface area (Å²) in [7, 11) is 1.87. The molecule has 0 aliphatic rings. The molecule has 0 aliphatic carbocycles. The van der Waals surface area contributed by atoms with E-state index >= 15 is 0 Å². The monoisotopic (exact) mass is 388 g/mol. The summed E-state index contributed by atoms with van der Waals surface area (Å²) in [6, 6.07) is 12.7. The van der Waals surface area contributed by atoms with Gasteiger partial charge in [0.2, 0.25) is 0 Å². The molecule has 0 radical (unpaired) electrons. The van der Waals surface area contributed by atoms with Crippen LogP contribution in [0.15, 0.2) is 84.9 Å². The first-order valence-electron chi connectivity index (χ1n) is 10.1. The highest BCUT2D eigenvalue weighted by molar-refractivity contribution is 5.42. The Hall–Kier alpha value is -3.05. The normalized spacial score (nSPS) is 9.93. The van der Waals surface area contributed by atoms with Gasteiger partial charge in [-0.25, -0.2) is 0 Å². The van der Waals surface area contributed by atoms with Crippen molar-refractivity contribution in [3.63, 3.8) is 0 Å². The standard InChI is InChI=1S/C14H18N2.C11H16.C2H2/c1-11(2)14(12(3)15-4)6-5-13-7-9-16-10-8-13;1-3-7-11-9-6-5-8-10(11)4-2;1-2/h6-10,15H,1,3,5H2,2,4H3;5-6,8-9H,3-4,7H2,1-2H3;1-2H/b14-6-;;. The molecular formula is C27H36N2. The summed E-state index contributed by atoms with van der Waals surface area (Å²) >= 11 is 0. The van der Waals surface area contributed by atoms with Gasteiger partial charge in [-0.05, 0) is 66.2 Å². The van der Waals surface area contributed by atoms with E-state index in [0.717, 1.165) is 29.7 Å². The minimum absolute atomic E-state index is 0.866. The number of hydrogen-bond acceptors (Lipinski definition) is 2. The fourth-order valence-corrected chi connectivity index (χ4v) is 2.84. The van der Waals surface area contributed by atoms with Crippen LogP contribution < -0.4 is 5.32 Å². The Morgan fingerprint density at radius 2 is 1.62 bits per heavy atom. The SMILES string of the molecule is C#C.C=C(C)/C(=C/Cc1ccncc1)C(=C)NC.CCCc1ccccc1CC. The van der Waals surface area contributed by atoms with Crippen LogP contribution in [-0.4, -0.2) is 12.0 Å². The Bertz CT molecular complexity index is 782. The van der Waals surface area contributed by atoms with Gasteiger partial charge in [0.25, 0.3) is 0 Å². The maximum absolute atomic E-state index is 4.00. The molecule has 1 heterocycles. The van der Waals surface area contributed by atoms with Crippen molar-refractivity contribution in [2.24, 2.45) is 0 Å². The lowest BCUT2D eigenvalue weighted by atomic mass is 10.0. The highest BCUT2D eigenvalue weighted by Gasteiger charge is 2.01. The van der Waals surface area contributed by atoms with E-state index < -0.39 is 0 Å². The average Bonchev–Trinajstić information content (AvgIpc) is 2.76. The second kappa shape index (κ2) is 16.0. The zero-order valence-corrected chi connectivity index (χ0v) is 18.5. The Morgan fingerprint density at radius 3 is 2.10 bits per heavy atom. The lowest BCUT2D eigenvalue weighted by molar-refractivity contribution is 0.899. The van der Waals surface area contributed by atoms with Crippen LogP contribution in [0.1, 0.15) is 43.9 Å². The molecule has 0 spiro atoms. The number of hydrogen-bond donors (Lipinski definition) is 1. The lowest BCUT2D eigenvalue weighted by Gasteiger charge is -2.10. The van der Waals surface area contributed by atoms with E-state index in [0.29, 0.717) is 0 Å². The number of allylic oxidation sites excluding steroid dienone is 2. The Balaban J connectivity index is 0.000000526. The van der Waals surface area contributed by atoms with Gasteiger partial charge in [-0.15, -0.1) is 12.8 Å². The smallest absolute Gasteiger partial charge is 0.0337 e. The molecule has 154 valence electrons. The van der Waals surface area contributed by atoms with Crippen molar-refractivity contribution in [3.05, 3.63) is 102 Å². The van der Waals surface area contributed by atoms with E-state index in [4.69, 9.17) is 0 Å². The quantitative estimate of drug-likeness (QED) is 0.423. The Labute approximate surface area is 178 Å². The van der Waals surface area contributed by atoms with Gasteiger partial charge in [0.05, 0.1) is 0 Å². The molecule has 0 unspecified atom stereocenters. The number of likely N-dealkylation sites (N-methyl/N-ethyl adjacent to an activating group) is 1. The van der Waals surface area contributed by atoms with Crippen LogP contribution >= 0.6 is 0 Å². The van der Waals surface area contributed by atoms with Crippen molar-refractivity contribution in [2.45, 2.75) is 46.5 Å². The van der Waals surface area contributed by atoms with Crippen molar-refractivity contribution < 1.29 is 0 Å².